The van der Waals surface area contributed by atoms with E-state index in [1.165, 1.54) is 0 Å². The molecule has 1 atom stereocenters. The highest BCUT2D eigenvalue weighted by Gasteiger charge is 2.10. The van der Waals surface area contributed by atoms with E-state index in [1.54, 1.807) is 24.3 Å². The first-order chi connectivity index (χ1) is 9.90. The Morgan fingerprint density at radius 3 is 2.57 bits per heavy atom. The number of carboxylic acid groups (broad SMARTS) is 1. The third-order valence-corrected chi connectivity index (χ3v) is 2.94. The van der Waals surface area contributed by atoms with Crippen molar-refractivity contribution < 1.29 is 14.7 Å². The lowest BCUT2D eigenvalue weighted by molar-refractivity contribution is 0.0695. The number of nitrogens with one attached hydrogen (secondary N) is 2. The van der Waals surface area contributed by atoms with Gasteiger partial charge in [0.1, 0.15) is 0 Å². The van der Waals surface area contributed by atoms with E-state index >= 15 is 0 Å². The Balaban J connectivity index is 2.40. The number of likely N-dealkylation sites (N-methyl/N-ethyl adjacent to an activating group) is 1. The summed E-state index contributed by atoms with van der Waals surface area (Å²) in [6, 6.07) is 6.62. The Hall–Kier alpha value is -2.08. The van der Waals surface area contributed by atoms with E-state index in [4.69, 9.17) is 5.11 Å². The minimum atomic E-state index is -0.949. The number of carboxylic acids is 1. The molecule has 0 aliphatic rings. The second-order valence-electron chi connectivity index (χ2n) is 5.28. The average molecular weight is 293 g/mol. The maximum atomic E-state index is 11.7. The van der Waals surface area contributed by atoms with E-state index in [2.05, 4.69) is 10.6 Å². The molecule has 116 valence electrons. The fourth-order valence-electron chi connectivity index (χ4n) is 2.13. The van der Waals surface area contributed by atoms with Gasteiger partial charge >= 0.3 is 12.0 Å². The molecule has 0 radical (unpaired) electrons. The van der Waals surface area contributed by atoms with Gasteiger partial charge in [-0.2, -0.15) is 0 Å². The van der Waals surface area contributed by atoms with Crippen LogP contribution in [-0.4, -0.2) is 55.2 Å². The van der Waals surface area contributed by atoms with Crippen molar-refractivity contribution in [3.05, 3.63) is 35.4 Å². The van der Waals surface area contributed by atoms with Crippen LogP contribution in [0.4, 0.5) is 4.79 Å². The highest BCUT2D eigenvalue weighted by molar-refractivity contribution is 5.89. The lowest BCUT2D eigenvalue weighted by Gasteiger charge is -2.18. The first-order valence-corrected chi connectivity index (χ1v) is 6.90. The zero-order chi connectivity index (χ0) is 15.8. The van der Waals surface area contributed by atoms with Gasteiger partial charge in [-0.3, -0.25) is 0 Å². The Morgan fingerprint density at radius 2 is 1.95 bits per heavy atom. The van der Waals surface area contributed by atoms with Crippen molar-refractivity contribution in [2.24, 2.45) is 0 Å². The first kappa shape index (κ1) is 17.0. The maximum Gasteiger partial charge on any atom is 0.335 e. The molecule has 1 aromatic rings. The summed E-state index contributed by atoms with van der Waals surface area (Å²) in [5, 5.41) is 14.6. The average Bonchev–Trinajstić information content (AvgIpc) is 2.37. The van der Waals surface area contributed by atoms with E-state index in [-0.39, 0.29) is 17.6 Å². The maximum absolute atomic E-state index is 11.7. The van der Waals surface area contributed by atoms with Crippen molar-refractivity contribution in [2.45, 2.75) is 19.4 Å². The minimum absolute atomic E-state index is 0.0475. The number of rotatable bonds is 7. The standard InChI is InChI=1S/C15H23N3O3/c1-11(10-18(2)3)17-15(21)16-9-8-12-6-4-5-7-13(12)14(19)20/h4-7,11H,8-10H2,1-3H3,(H,19,20)(H2,16,17,21). The Morgan fingerprint density at radius 1 is 1.29 bits per heavy atom. The summed E-state index contributed by atoms with van der Waals surface area (Å²) in [6.07, 6.45) is 0.484. The SMILES string of the molecule is CC(CN(C)C)NC(=O)NCCc1ccccc1C(=O)O. The van der Waals surface area contributed by atoms with Crippen LogP contribution in [0.5, 0.6) is 0 Å². The lowest BCUT2D eigenvalue weighted by Crippen LogP contribution is -2.45. The number of amides is 2. The Bertz CT molecular complexity index is 489. The number of aromatic carboxylic acids is 1. The molecular weight excluding hydrogens is 270 g/mol. The van der Waals surface area contributed by atoms with Crippen LogP contribution >= 0.6 is 0 Å². The molecule has 6 nitrogen and oxygen atoms in total. The Kier molecular flexibility index (Phi) is 6.68. The first-order valence-electron chi connectivity index (χ1n) is 6.90. The van der Waals surface area contributed by atoms with Gasteiger partial charge in [-0.15, -0.1) is 0 Å². The van der Waals surface area contributed by atoms with Gasteiger partial charge < -0.3 is 20.6 Å². The summed E-state index contributed by atoms with van der Waals surface area (Å²) in [5.41, 5.74) is 0.993. The normalized spacial score (nSPS) is 12.0. The van der Waals surface area contributed by atoms with E-state index in [0.717, 1.165) is 6.54 Å². The van der Waals surface area contributed by atoms with Crippen LogP contribution in [0.2, 0.25) is 0 Å². The van der Waals surface area contributed by atoms with Crippen molar-refractivity contribution in [1.82, 2.24) is 15.5 Å². The number of nitrogens with zero attached hydrogens (tertiary/aromatic N) is 1. The van der Waals surface area contributed by atoms with Gasteiger partial charge in [-0.05, 0) is 39.1 Å². The number of carbonyl (C=O) groups is 2. The highest BCUT2D eigenvalue weighted by atomic mass is 16.4. The second-order valence-corrected chi connectivity index (χ2v) is 5.28. The fraction of sp³-hybridized carbons (Fsp3) is 0.467. The molecular formula is C15H23N3O3. The molecule has 0 aliphatic carbocycles. The molecule has 0 spiro atoms. The fourth-order valence-corrected chi connectivity index (χ4v) is 2.13. The van der Waals surface area contributed by atoms with Crippen molar-refractivity contribution in [3.8, 4) is 0 Å². The Labute approximate surface area is 125 Å². The molecule has 1 rings (SSSR count). The van der Waals surface area contributed by atoms with Crippen LogP contribution in [0.1, 0.15) is 22.8 Å². The molecule has 21 heavy (non-hydrogen) atoms. The van der Waals surface area contributed by atoms with Crippen molar-refractivity contribution in [2.75, 3.05) is 27.2 Å². The number of benzene rings is 1. The summed E-state index contributed by atoms with van der Waals surface area (Å²) in [4.78, 5) is 24.7. The van der Waals surface area contributed by atoms with E-state index in [9.17, 15) is 9.59 Å². The third kappa shape index (κ3) is 6.27. The summed E-state index contributed by atoms with van der Waals surface area (Å²) in [5.74, 6) is -0.949. The van der Waals surface area contributed by atoms with Crippen LogP contribution in [0.25, 0.3) is 0 Å². The summed E-state index contributed by atoms with van der Waals surface area (Å²) in [7, 11) is 3.89. The smallest absolute Gasteiger partial charge is 0.335 e. The molecule has 0 aromatic heterocycles. The zero-order valence-electron chi connectivity index (χ0n) is 12.7. The number of urea groups is 1. The largest absolute Gasteiger partial charge is 0.478 e. The van der Waals surface area contributed by atoms with Gasteiger partial charge in [0.25, 0.3) is 0 Å². The van der Waals surface area contributed by atoms with Crippen LogP contribution in [0.3, 0.4) is 0 Å². The molecule has 1 aromatic carbocycles. The van der Waals surface area contributed by atoms with Crippen molar-refractivity contribution >= 4 is 12.0 Å². The molecule has 3 N–H and O–H groups in total. The van der Waals surface area contributed by atoms with Gasteiger partial charge in [0.15, 0.2) is 0 Å². The van der Waals surface area contributed by atoms with E-state index in [1.807, 2.05) is 25.9 Å². The summed E-state index contributed by atoms with van der Waals surface area (Å²) < 4.78 is 0. The molecule has 0 aliphatic heterocycles. The van der Waals surface area contributed by atoms with Crippen molar-refractivity contribution in [3.63, 3.8) is 0 Å². The van der Waals surface area contributed by atoms with Gasteiger partial charge in [0.05, 0.1) is 5.56 Å². The highest BCUT2D eigenvalue weighted by Crippen LogP contribution is 2.08. The number of hydrogen-bond acceptors (Lipinski definition) is 3. The predicted molar refractivity (Wildman–Crippen MR) is 81.7 cm³/mol. The summed E-state index contributed by atoms with van der Waals surface area (Å²) >= 11 is 0. The third-order valence-electron chi connectivity index (χ3n) is 2.94. The quantitative estimate of drug-likeness (QED) is 0.705. The molecule has 0 heterocycles. The molecule has 6 heteroatoms. The molecule has 0 saturated heterocycles. The molecule has 0 fully saturated rings. The number of hydrogen-bond donors (Lipinski definition) is 3. The monoisotopic (exact) mass is 293 g/mol. The predicted octanol–water partition coefficient (Wildman–Crippen LogP) is 1.18. The summed E-state index contributed by atoms with van der Waals surface area (Å²) in [6.45, 7) is 3.08. The molecule has 1 unspecified atom stereocenters. The van der Waals surface area contributed by atoms with Gasteiger partial charge in [0.2, 0.25) is 0 Å². The minimum Gasteiger partial charge on any atom is -0.478 e. The second kappa shape index (κ2) is 8.26. The van der Waals surface area contributed by atoms with E-state index < -0.39 is 5.97 Å². The van der Waals surface area contributed by atoms with Crippen LogP contribution in [0, 0.1) is 0 Å². The van der Waals surface area contributed by atoms with Gasteiger partial charge in [-0.25, -0.2) is 9.59 Å². The lowest BCUT2D eigenvalue weighted by atomic mass is 10.0. The van der Waals surface area contributed by atoms with Crippen LogP contribution in [0.15, 0.2) is 24.3 Å². The zero-order valence-corrected chi connectivity index (χ0v) is 12.7. The van der Waals surface area contributed by atoms with Gasteiger partial charge in [-0.1, -0.05) is 18.2 Å². The van der Waals surface area contributed by atoms with Crippen LogP contribution < -0.4 is 10.6 Å². The number of carbonyl (C=O) groups excluding carboxylic acids is 1. The molecule has 2 amide bonds. The van der Waals surface area contributed by atoms with Gasteiger partial charge in [0, 0.05) is 19.1 Å². The van der Waals surface area contributed by atoms with Crippen LogP contribution in [-0.2, 0) is 6.42 Å². The molecule has 0 saturated carbocycles. The van der Waals surface area contributed by atoms with E-state index in [0.29, 0.717) is 18.5 Å². The topological polar surface area (TPSA) is 81.7 Å². The van der Waals surface area contributed by atoms with Crippen molar-refractivity contribution in [1.29, 1.82) is 0 Å². The molecule has 0 bridgehead atoms.